The van der Waals surface area contributed by atoms with Crippen molar-refractivity contribution in [1.82, 2.24) is 0 Å². The molecule has 2 rings (SSSR count). The zero-order chi connectivity index (χ0) is 27.6. The summed E-state index contributed by atoms with van der Waals surface area (Å²) in [6, 6.07) is 0.0130. The first-order valence-corrected chi connectivity index (χ1v) is 14.2. The van der Waals surface area contributed by atoms with E-state index in [-0.39, 0.29) is 18.1 Å². The van der Waals surface area contributed by atoms with Crippen LogP contribution in [0.2, 0.25) is 0 Å². The maximum atomic E-state index is 5.75. The Morgan fingerprint density at radius 2 is 1.30 bits per heavy atom. The van der Waals surface area contributed by atoms with Crippen LogP contribution < -0.4 is 0 Å². The van der Waals surface area contributed by atoms with E-state index in [1.54, 1.807) is 0 Å². The molecule has 2 heterocycles. The van der Waals surface area contributed by atoms with Crippen molar-refractivity contribution >= 4 is 23.6 Å². The van der Waals surface area contributed by atoms with Gasteiger partial charge in [0, 0.05) is 0 Å². The minimum absolute atomic E-state index is 0.0141. The number of ether oxygens (including phenoxy) is 4. The standard InChI is InChI=1S/C18H32N2O2.C11H20N2O2/c1-6-9-10-11-12-13-15-17(21-7-2)20-16(14(4)5)18(19-15)22-8-3;1-5-14-9-7-12-11(15-6-2)10(13-9)8(3)4/h6,14-16H,1,7-13H2,2-5H3;8,10H,5-7H2,1-4H3/t15-,16+;10-/m01/s1. The minimum atomic E-state index is -0.0153. The number of nitrogens with zero attached hydrogens (tertiary/aromatic N) is 4. The van der Waals surface area contributed by atoms with Crippen LogP contribution in [0.3, 0.4) is 0 Å². The molecule has 8 nitrogen and oxygen atoms in total. The molecule has 2 aliphatic heterocycles. The van der Waals surface area contributed by atoms with Crippen molar-refractivity contribution < 1.29 is 18.9 Å². The second-order valence-corrected chi connectivity index (χ2v) is 9.66. The zero-order valence-corrected chi connectivity index (χ0v) is 24.7. The van der Waals surface area contributed by atoms with E-state index in [1.807, 2.05) is 33.8 Å². The Labute approximate surface area is 225 Å². The van der Waals surface area contributed by atoms with Crippen molar-refractivity contribution in [3.8, 4) is 0 Å². The van der Waals surface area contributed by atoms with E-state index in [0.717, 1.165) is 42.9 Å². The lowest BCUT2D eigenvalue weighted by Gasteiger charge is -2.28. The lowest BCUT2D eigenvalue weighted by Crippen LogP contribution is -2.38. The van der Waals surface area contributed by atoms with Gasteiger partial charge in [-0.25, -0.2) is 20.0 Å². The molecule has 0 aromatic heterocycles. The molecule has 0 bridgehead atoms. The Morgan fingerprint density at radius 3 is 1.86 bits per heavy atom. The zero-order valence-electron chi connectivity index (χ0n) is 24.7. The van der Waals surface area contributed by atoms with E-state index in [2.05, 4.69) is 44.3 Å². The topological polar surface area (TPSA) is 86.4 Å². The number of hydrogen-bond acceptors (Lipinski definition) is 8. The molecule has 0 fully saturated rings. The average molecular weight is 521 g/mol. The summed E-state index contributed by atoms with van der Waals surface area (Å²) in [4.78, 5) is 18.5. The SMILES string of the molecule is C=CCCCCC[C@@H]1N=C(OCC)[C@@H](C(C)C)N=C1OCC.CCOC1=N[C@H](C(C)C)C(OCC)=NC1. The van der Waals surface area contributed by atoms with Crippen molar-refractivity contribution in [2.45, 2.75) is 106 Å². The van der Waals surface area contributed by atoms with Crippen LogP contribution in [0, 0.1) is 11.8 Å². The van der Waals surface area contributed by atoms with Gasteiger partial charge >= 0.3 is 0 Å². The van der Waals surface area contributed by atoms with Crippen molar-refractivity contribution in [1.29, 1.82) is 0 Å². The molecule has 0 amide bonds. The number of allylic oxidation sites excluding steroid dienone is 1. The van der Waals surface area contributed by atoms with E-state index < -0.39 is 0 Å². The van der Waals surface area contributed by atoms with Crippen LogP contribution in [0.15, 0.2) is 32.6 Å². The second kappa shape index (κ2) is 18.8. The first-order chi connectivity index (χ1) is 17.8. The van der Waals surface area contributed by atoms with Crippen LogP contribution in [-0.2, 0) is 18.9 Å². The van der Waals surface area contributed by atoms with Gasteiger partial charge in [0.2, 0.25) is 23.6 Å². The van der Waals surface area contributed by atoms with E-state index in [4.69, 9.17) is 28.9 Å². The summed E-state index contributed by atoms with van der Waals surface area (Å²) >= 11 is 0. The highest BCUT2D eigenvalue weighted by atomic mass is 16.5. The smallest absolute Gasteiger partial charge is 0.210 e. The van der Waals surface area contributed by atoms with Crippen molar-refractivity contribution in [2.24, 2.45) is 31.8 Å². The van der Waals surface area contributed by atoms with Gasteiger partial charge in [-0.15, -0.1) is 6.58 Å². The molecule has 0 saturated carbocycles. The molecule has 0 aromatic rings. The van der Waals surface area contributed by atoms with Crippen molar-refractivity contribution in [3.05, 3.63) is 12.7 Å². The largest absolute Gasteiger partial charge is 0.480 e. The monoisotopic (exact) mass is 520 g/mol. The lowest BCUT2D eigenvalue weighted by atomic mass is 10.0. The third kappa shape index (κ3) is 11.7. The van der Waals surface area contributed by atoms with Gasteiger partial charge < -0.3 is 18.9 Å². The van der Waals surface area contributed by atoms with Crippen molar-refractivity contribution in [3.63, 3.8) is 0 Å². The maximum absolute atomic E-state index is 5.75. The normalized spacial score (nSPS) is 21.2. The fraction of sp³-hybridized carbons (Fsp3) is 0.793. The fourth-order valence-electron chi connectivity index (χ4n) is 3.99. The van der Waals surface area contributed by atoms with Crippen LogP contribution in [0.1, 0.15) is 87.5 Å². The summed E-state index contributed by atoms with van der Waals surface area (Å²) < 4.78 is 22.3. The van der Waals surface area contributed by atoms with Gasteiger partial charge in [-0.2, -0.15) is 0 Å². The third-order valence-corrected chi connectivity index (χ3v) is 5.83. The van der Waals surface area contributed by atoms with Gasteiger partial charge in [-0.1, -0.05) is 46.6 Å². The molecule has 0 radical (unpaired) electrons. The number of unbranched alkanes of at least 4 members (excludes halogenated alkanes) is 3. The molecule has 0 aromatic carbocycles. The predicted octanol–water partition coefficient (Wildman–Crippen LogP) is 6.29. The Balaban J connectivity index is 0.000000397. The number of rotatable bonds is 12. The summed E-state index contributed by atoms with van der Waals surface area (Å²) in [5.74, 6) is 3.77. The fourth-order valence-corrected chi connectivity index (χ4v) is 3.99. The maximum Gasteiger partial charge on any atom is 0.210 e. The molecule has 0 spiro atoms. The highest BCUT2D eigenvalue weighted by molar-refractivity contribution is 5.94. The Morgan fingerprint density at radius 1 is 0.730 bits per heavy atom. The first-order valence-electron chi connectivity index (χ1n) is 14.2. The van der Waals surface area contributed by atoms with Gasteiger partial charge in [-0.05, 0) is 58.8 Å². The highest BCUT2D eigenvalue weighted by Gasteiger charge is 2.31. The summed E-state index contributed by atoms with van der Waals surface area (Å²) in [5, 5.41) is 0. The van der Waals surface area contributed by atoms with Crippen LogP contribution in [0.25, 0.3) is 0 Å². The van der Waals surface area contributed by atoms with E-state index in [0.29, 0.717) is 44.8 Å². The van der Waals surface area contributed by atoms with Gasteiger partial charge in [-0.3, -0.25) is 0 Å². The molecular formula is C29H52N4O4. The summed E-state index contributed by atoms with van der Waals surface area (Å²) in [6.45, 7) is 23.2. The van der Waals surface area contributed by atoms with Gasteiger partial charge in [0.25, 0.3) is 0 Å². The number of hydrogen-bond donors (Lipinski definition) is 0. The Bertz CT molecular complexity index is 774. The van der Waals surface area contributed by atoms with Gasteiger partial charge in [0.15, 0.2) is 0 Å². The van der Waals surface area contributed by atoms with Crippen LogP contribution in [0.4, 0.5) is 0 Å². The predicted molar refractivity (Wildman–Crippen MR) is 155 cm³/mol. The molecular weight excluding hydrogens is 468 g/mol. The molecule has 0 unspecified atom stereocenters. The minimum Gasteiger partial charge on any atom is -0.480 e. The van der Waals surface area contributed by atoms with Crippen molar-refractivity contribution in [2.75, 3.05) is 33.0 Å². The molecule has 0 saturated heterocycles. The molecule has 3 atom stereocenters. The van der Waals surface area contributed by atoms with Gasteiger partial charge in [0.05, 0.1) is 26.4 Å². The first kappa shape index (κ1) is 32.6. The summed E-state index contributed by atoms with van der Waals surface area (Å²) in [5.41, 5.74) is 0. The van der Waals surface area contributed by atoms with Crippen LogP contribution in [0.5, 0.6) is 0 Å². The van der Waals surface area contributed by atoms with Gasteiger partial charge in [0.1, 0.15) is 24.7 Å². The molecule has 212 valence electrons. The van der Waals surface area contributed by atoms with E-state index in [9.17, 15) is 0 Å². The average Bonchev–Trinajstić information content (AvgIpc) is 2.86. The van der Waals surface area contributed by atoms with E-state index >= 15 is 0 Å². The molecule has 8 heteroatoms. The van der Waals surface area contributed by atoms with Crippen LogP contribution in [-0.4, -0.2) is 74.7 Å². The highest BCUT2D eigenvalue weighted by Crippen LogP contribution is 2.21. The molecule has 0 N–H and O–H groups in total. The number of aliphatic imine (C=N–C) groups is 4. The second-order valence-electron chi connectivity index (χ2n) is 9.66. The van der Waals surface area contributed by atoms with E-state index in [1.165, 1.54) is 12.8 Å². The quantitative estimate of drug-likeness (QED) is 0.223. The molecule has 2 aliphatic rings. The Kier molecular flexibility index (Phi) is 16.6. The third-order valence-electron chi connectivity index (χ3n) is 5.83. The van der Waals surface area contributed by atoms with Crippen LogP contribution >= 0.6 is 0 Å². The summed E-state index contributed by atoms with van der Waals surface area (Å²) in [7, 11) is 0. The lowest BCUT2D eigenvalue weighted by molar-refractivity contribution is 0.273. The Hall–Kier alpha value is -2.38. The molecule has 37 heavy (non-hydrogen) atoms. The molecule has 0 aliphatic carbocycles. The summed E-state index contributed by atoms with van der Waals surface area (Å²) in [6.07, 6.45) is 7.53.